The van der Waals surface area contributed by atoms with Crippen LogP contribution >= 0.6 is 0 Å². The van der Waals surface area contributed by atoms with Crippen LogP contribution in [0.1, 0.15) is 33.6 Å². The number of nitrogens with one attached hydrogen (secondary N) is 1. The van der Waals surface area contributed by atoms with Gasteiger partial charge in [-0.2, -0.15) is 0 Å². The van der Waals surface area contributed by atoms with E-state index in [1.54, 1.807) is 6.92 Å². The highest BCUT2D eigenvalue weighted by atomic mass is 32.2. The molecule has 142 valence electrons. The summed E-state index contributed by atoms with van der Waals surface area (Å²) in [6.45, 7) is 5.25. The summed E-state index contributed by atoms with van der Waals surface area (Å²) in [5.41, 5.74) is 0. The first-order chi connectivity index (χ1) is 11.5. The zero-order valence-electron chi connectivity index (χ0n) is 14.6. The third-order valence-electron chi connectivity index (χ3n) is 3.59. The zero-order valence-corrected chi connectivity index (χ0v) is 16.2. The van der Waals surface area contributed by atoms with Crippen LogP contribution in [-0.4, -0.2) is 40.2 Å². The Bertz CT molecular complexity index is 782. The molecule has 1 atom stereocenters. The van der Waals surface area contributed by atoms with E-state index in [0.29, 0.717) is 12.8 Å². The van der Waals surface area contributed by atoms with E-state index in [-0.39, 0.29) is 28.0 Å². The van der Waals surface area contributed by atoms with Crippen LogP contribution in [0.15, 0.2) is 34.1 Å². The summed E-state index contributed by atoms with van der Waals surface area (Å²) in [5, 5.41) is 9.16. The highest BCUT2D eigenvalue weighted by Crippen LogP contribution is 2.17. The van der Waals surface area contributed by atoms with E-state index >= 15 is 0 Å². The van der Waals surface area contributed by atoms with Crippen LogP contribution in [0.5, 0.6) is 0 Å². The van der Waals surface area contributed by atoms with Crippen LogP contribution in [0.4, 0.5) is 0 Å². The van der Waals surface area contributed by atoms with Crippen LogP contribution < -0.4 is 4.72 Å². The normalized spacial score (nSPS) is 13.8. The highest BCUT2D eigenvalue weighted by Gasteiger charge is 2.23. The number of carbonyl (C=O) groups is 1. The van der Waals surface area contributed by atoms with Crippen molar-refractivity contribution in [3.63, 3.8) is 0 Å². The summed E-state index contributed by atoms with van der Waals surface area (Å²) in [4.78, 5) is 11.2. The van der Waals surface area contributed by atoms with Crippen LogP contribution in [0.2, 0.25) is 0 Å². The lowest BCUT2D eigenvalue weighted by atomic mass is 9.98. The minimum Gasteiger partial charge on any atom is -0.481 e. The van der Waals surface area contributed by atoms with Crippen LogP contribution in [-0.2, 0) is 24.7 Å². The molecule has 0 aliphatic heterocycles. The van der Waals surface area contributed by atoms with Crippen molar-refractivity contribution in [3.05, 3.63) is 24.3 Å². The van der Waals surface area contributed by atoms with Crippen molar-refractivity contribution in [2.75, 3.05) is 12.3 Å². The smallest absolute Gasteiger partial charge is 0.307 e. The van der Waals surface area contributed by atoms with Crippen molar-refractivity contribution < 1.29 is 26.7 Å². The summed E-state index contributed by atoms with van der Waals surface area (Å²) < 4.78 is 50.8. The van der Waals surface area contributed by atoms with Gasteiger partial charge in [-0.25, -0.2) is 21.6 Å². The Kier molecular flexibility index (Phi) is 7.58. The molecule has 0 aliphatic rings. The molecule has 1 aromatic carbocycles. The molecule has 0 aromatic heterocycles. The van der Waals surface area contributed by atoms with Crippen molar-refractivity contribution in [3.8, 4) is 0 Å². The van der Waals surface area contributed by atoms with E-state index < -0.39 is 31.7 Å². The molecule has 0 saturated carbocycles. The van der Waals surface area contributed by atoms with Gasteiger partial charge in [0.25, 0.3) is 0 Å². The second-order valence-corrected chi connectivity index (χ2v) is 10.2. The molecule has 0 spiro atoms. The van der Waals surface area contributed by atoms with Gasteiger partial charge in [0.1, 0.15) is 0 Å². The van der Waals surface area contributed by atoms with Gasteiger partial charge < -0.3 is 5.11 Å². The van der Waals surface area contributed by atoms with Crippen molar-refractivity contribution in [1.82, 2.24) is 4.72 Å². The maximum absolute atomic E-state index is 12.3. The van der Waals surface area contributed by atoms with Gasteiger partial charge in [-0.05, 0) is 43.0 Å². The van der Waals surface area contributed by atoms with Crippen molar-refractivity contribution in [1.29, 1.82) is 0 Å². The topological polar surface area (TPSA) is 118 Å². The van der Waals surface area contributed by atoms with E-state index in [0.717, 1.165) is 0 Å². The fraction of sp³-hybridized carbons (Fsp3) is 0.562. The molecule has 0 bridgehead atoms. The Morgan fingerprint density at radius 1 is 1.08 bits per heavy atom. The largest absolute Gasteiger partial charge is 0.481 e. The number of carboxylic acids is 1. The SMILES string of the molecule is CCCS(=O)(=O)c1ccc(S(=O)(=O)NCC(CC(C)C)C(=O)O)cc1. The Morgan fingerprint density at radius 3 is 2.04 bits per heavy atom. The first-order valence-corrected chi connectivity index (χ1v) is 11.2. The third-order valence-corrected chi connectivity index (χ3v) is 6.97. The predicted octanol–water partition coefficient (Wildman–Crippen LogP) is 1.90. The van der Waals surface area contributed by atoms with Gasteiger partial charge in [-0.15, -0.1) is 0 Å². The summed E-state index contributed by atoms with van der Waals surface area (Å²) in [5.74, 6) is -1.77. The molecule has 0 aliphatic carbocycles. The van der Waals surface area contributed by atoms with Crippen LogP contribution in [0, 0.1) is 11.8 Å². The minimum atomic E-state index is -3.91. The zero-order chi connectivity index (χ0) is 19.3. The lowest BCUT2D eigenvalue weighted by molar-refractivity contribution is -0.142. The molecule has 0 fully saturated rings. The Hall–Kier alpha value is -1.45. The maximum Gasteiger partial charge on any atom is 0.307 e. The average molecular weight is 392 g/mol. The van der Waals surface area contributed by atoms with Gasteiger partial charge in [0.05, 0.1) is 21.5 Å². The van der Waals surface area contributed by atoms with E-state index in [4.69, 9.17) is 5.11 Å². The third kappa shape index (κ3) is 6.41. The highest BCUT2D eigenvalue weighted by molar-refractivity contribution is 7.91. The molecular weight excluding hydrogens is 366 g/mol. The molecule has 0 heterocycles. The molecular formula is C16H25NO6S2. The summed E-state index contributed by atoms with van der Waals surface area (Å²) >= 11 is 0. The fourth-order valence-corrected chi connectivity index (χ4v) is 4.75. The van der Waals surface area contributed by atoms with E-state index in [1.165, 1.54) is 24.3 Å². The van der Waals surface area contributed by atoms with Gasteiger partial charge in [0, 0.05) is 6.54 Å². The van der Waals surface area contributed by atoms with Crippen molar-refractivity contribution in [2.24, 2.45) is 11.8 Å². The minimum absolute atomic E-state index is 0.00710. The average Bonchev–Trinajstić information content (AvgIpc) is 2.51. The number of sulfone groups is 1. The monoisotopic (exact) mass is 391 g/mol. The van der Waals surface area contributed by atoms with Crippen LogP contribution in [0.25, 0.3) is 0 Å². The number of hydrogen-bond donors (Lipinski definition) is 2. The molecule has 1 aromatic rings. The number of rotatable bonds is 10. The number of sulfonamides is 1. The predicted molar refractivity (Wildman–Crippen MR) is 94.6 cm³/mol. The van der Waals surface area contributed by atoms with E-state index in [2.05, 4.69) is 4.72 Å². The molecule has 25 heavy (non-hydrogen) atoms. The lowest BCUT2D eigenvalue weighted by Gasteiger charge is -2.15. The number of hydrogen-bond acceptors (Lipinski definition) is 5. The van der Waals surface area contributed by atoms with Crippen LogP contribution in [0.3, 0.4) is 0 Å². The summed E-state index contributed by atoms with van der Waals surface area (Å²) in [6, 6.07) is 4.93. The molecule has 1 rings (SSSR count). The van der Waals surface area contributed by atoms with Crippen molar-refractivity contribution in [2.45, 2.75) is 43.4 Å². The lowest BCUT2D eigenvalue weighted by Crippen LogP contribution is -2.33. The summed E-state index contributed by atoms with van der Waals surface area (Å²) in [7, 11) is -7.32. The Labute approximate surface area is 149 Å². The molecule has 0 amide bonds. The van der Waals surface area contributed by atoms with E-state index in [9.17, 15) is 21.6 Å². The van der Waals surface area contributed by atoms with Crippen molar-refractivity contribution >= 4 is 25.8 Å². The standard InChI is InChI=1S/C16H25NO6S2/c1-4-9-24(20,21)14-5-7-15(8-6-14)25(22,23)17-11-13(16(18)19)10-12(2)3/h5-8,12-13,17H,4,9-11H2,1-3H3,(H,18,19). The molecule has 9 heteroatoms. The number of benzene rings is 1. The second-order valence-electron chi connectivity index (χ2n) is 6.31. The first-order valence-electron chi connectivity index (χ1n) is 8.05. The van der Waals surface area contributed by atoms with Gasteiger partial charge in [0.2, 0.25) is 10.0 Å². The van der Waals surface area contributed by atoms with Gasteiger partial charge >= 0.3 is 5.97 Å². The molecule has 1 unspecified atom stereocenters. The van der Waals surface area contributed by atoms with Gasteiger partial charge in [-0.1, -0.05) is 20.8 Å². The fourth-order valence-electron chi connectivity index (χ4n) is 2.35. The Balaban J connectivity index is 2.90. The summed E-state index contributed by atoms with van der Waals surface area (Å²) in [6.07, 6.45) is 0.822. The molecule has 2 N–H and O–H groups in total. The van der Waals surface area contributed by atoms with Gasteiger partial charge in [0.15, 0.2) is 9.84 Å². The Morgan fingerprint density at radius 2 is 1.60 bits per heavy atom. The number of carboxylic acid groups (broad SMARTS) is 1. The molecule has 0 saturated heterocycles. The molecule has 7 nitrogen and oxygen atoms in total. The van der Waals surface area contributed by atoms with E-state index in [1.807, 2.05) is 13.8 Å². The molecule has 0 radical (unpaired) electrons. The van der Waals surface area contributed by atoms with Gasteiger partial charge in [-0.3, -0.25) is 4.79 Å². The quantitative estimate of drug-likeness (QED) is 0.629. The first kappa shape index (κ1) is 21.6. The second kappa shape index (κ2) is 8.77. The number of aliphatic carboxylic acids is 1. The maximum atomic E-state index is 12.3.